The zero-order valence-electron chi connectivity index (χ0n) is 13.6. The molecule has 4 aromatic rings. The van der Waals surface area contributed by atoms with E-state index in [0.29, 0.717) is 5.69 Å². The van der Waals surface area contributed by atoms with E-state index in [2.05, 4.69) is 15.3 Å². The van der Waals surface area contributed by atoms with Gasteiger partial charge in [0.25, 0.3) is 0 Å². The molecule has 2 aromatic heterocycles. The highest BCUT2D eigenvalue weighted by atomic mass is 19.1. The molecule has 0 N–H and O–H groups in total. The van der Waals surface area contributed by atoms with Crippen LogP contribution in [0.2, 0.25) is 0 Å². The first kappa shape index (κ1) is 15.2. The van der Waals surface area contributed by atoms with Crippen LogP contribution in [0.25, 0.3) is 28.2 Å². The van der Waals surface area contributed by atoms with Crippen LogP contribution >= 0.6 is 0 Å². The van der Waals surface area contributed by atoms with Gasteiger partial charge in [0.2, 0.25) is 0 Å². The van der Waals surface area contributed by atoms with E-state index in [0.717, 1.165) is 22.5 Å². The van der Waals surface area contributed by atoms with Crippen molar-refractivity contribution in [1.29, 1.82) is 0 Å². The number of pyridine rings is 1. The van der Waals surface area contributed by atoms with Gasteiger partial charge in [-0.25, -0.2) is 9.07 Å². The Hall–Kier alpha value is -3.34. The van der Waals surface area contributed by atoms with Crippen molar-refractivity contribution in [2.75, 3.05) is 0 Å². The van der Waals surface area contributed by atoms with Gasteiger partial charge < -0.3 is 0 Å². The zero-order valence-corrected chi connectivity index (χ0v) is 13.6. The van der Waals surface area contributed by atoms with Crippen molar-refractivity contribution < 1.29 is 4.39 Å². The molecule has 0 saturated heterocycles. The molecule has 0 unspecified atom stereocenters. The summed E-state index contributed by atoms with van der Waals surface area (Å²) in [4.78, 5) is 4.08. The van der Waals surface area contributed by atoms with Gasteiger partial charge in [-0.05, 0) is 55.5 Å². The second-order valence-corrected chi connectivity index (χ2v) is 5.78. The van der Waals surface area contributed by atoms with Gasteiger partial charge in [0.05, 0.1) is 5.69 Å². The van der Waals surface area contributed by atoms with Crippen LogP contribution in [0.5, 0.6) is 0 Å². The third kappa shape index (κ3) is 2.92. The molecule has 4 rings (SSSR count). The molecule has 0 aliphatic rings. The molecule has 0 radical (unpaired) electrons. The van der Waals surface area contributed by atoms with Crippen molar-refractivity contribution in [2.45, 2.75) is 6.92 Å². The summed E-state index contributed by atoms with van der Waals surface area (Å²) in [6.07, 6.45) is 3.46. The van der Waals surface area contributed by atoms with Crippen molar-refractivity contribution in [3.63, 3.8) is 0 Å². The quantitative estimate of drug-likeness (QED) is 0.557. The highest BCUT2D eigenvalue weighted by Crippen LogP contribution is 2.31. The number of rotatable bonds is 3. The summed E-state index contributed by atoms with van der Waals surface area (Å²) >= 11 is 0. The van der Waals surface area contributed by atoms with Gasteiger partial charge in [-0.15, -0.1) is 5.10 Å². The van der Waals surface area contributed by atoms with E-state index < -0.39 is 0 Å². The summed E-state index contributed by atoms with van der Waals surface area (Å²) in [6.45, 7) is 2.04. The average molecular weight is 330 g/mol. The molecule has 2 heterocycles. The fraction of sp³-hybridized carbons (Fsp3) is 0.0500. The van der Waals surface area contributed by atoms with Crippen LogP contribution in [-0.2, 0) is 0 Å². The molecule has 0 aliphatic carbocycles. The Balaban J connectivity index is 1.94. The van der Waals surface area contributed by atoms with E-state index >= 15 is 0 Å². The van der Waals surface area contributed by atoms with Crippen molar-refractivity contribution >= 4 is 0 Å². The molecular weight excluding hydrogens is 315 g/mol. The van der Waals surface area contributed by atoms with Gasteiger partial charge in [-0.1, -0.05) is 22.9 Å². The van der Waals surface area contributed by atoms with Crippen molar-refractivity contribution in [1.82, 2.24) is 20.0 Å². The summed E-state index contributed by atoms with van der Waals surface area (Å²) in [7, 11) is 0. The van der Waals surface area contributed by atoms with Crippen LogP contribution in [-0.4, -0.2) is 20.0 Å². The van der Waals surface area contributed by atoms with Crippen molar-refractivity contribution in [3.05, 3.63) is 84.4 Å². The minimum Gasteiger partial charge on any atom is -0.265 e. The van der Waals surface area contributed by atoms with Crippen LogP contribution in [0, 0.1) is 12.7 Å². The summed E-state index contributed by atoms with van der Waals surface area (Å²) in [5.74, 6) is -0.278. The van der Waals surface area contributed by atoms with Crippen molar-refractivity contribution in [3.8, 4) is 28.2 Å². The average Bonchev–Trinajstić information content (AvgIpc) is 3.09. The fourth-order valence-electron chi connectivity index (χ4n) is 2.72. The fourth-order valence-corrected chi connectivity index (χ4v) is 2.72. The zero-order chi connectivity index (χ0) is 17.2. The topological polar surface area (TPSA) is 43.6 Å². The summed E-state index contributed by atoms with van der Waals surface area (Å²) in [5.41, 5.74) is 5.39. The van der Waals surface area contributed by atoms with Crippen molar-refractivity contribution in [2.24, 2.45) is 0 Å². The number of hydrogen-bond acceptors (Lipinski definition) is 3. The Bertz CT molecular complexity index is 927. The SMILES string of the molecule is Cc1ccc(-n2nnc(-c3ccc(F)cc3)c2-c2ccncc2)cc1. The smallest absolute Gasteiger partial charge is 0.123 e. The normalized spacial score (nSPS) is 10.8. The molecule has 0 atom stereocenters. The largest absolute Gasteiger partial charge is 0.265 e. The molecule has 0 saturated carbocycles. The van der Waals surface area contributed by atoms with Gasteiger partial charge in [-0.3, -0.25) is 4.98 Å². The van der Waals surface area contributed by atoms with E-state index in [1.54, 1.807) is 29.2 Å². The third-order valence-electron chi connectivity index (χ3n) is 4.02. The molecule has 25 heavy (non-hydrogen) atoms. The Labute approximate surface area is 144 Å². The van der Waals surface area contributed by atoms with E-state index in [4.69, 9.17) is 0 Å². The Morgan fingerprint density at radius 2 is 1.48 bits per heavy atom. The second kappa shape index (κ2) is 6.28. The van der Waals surface area contributed by atoms with Crippen LogP contribution in [0.3, 0.4) is 0 Å². The molecule has 4 nitrogen and oxygen atoms in total. The Morgan fingerprint density at radius 1 is 0.800 bits per heavy atom. The monoisotopic (exact) mass is 330 g/mol. The summed E-state index contributed by atoms with van der Waals surface area (Å²) in [6, 6.07) is 18.2. The number of hydrogen-bond donors (Lipinski definition) is 0. The molecule has 0 spiro atoms. The number of nitrogens with zero attached hydrogens (tertiary/aromatic N) is 4. The van der Waals surface area contributed by atoms with Gasteiger partial charge in [-0.2, -0.15) is 0 Å². The Morgan fingerprint density at radius 3 is 2.16 bits per heavy atom. The molecule has 122 valence electrons. The molecule has 0 fully saturated rings. The predicted molar refractivity (Wildman–Crippen MR) is 94.7 cm³/mol. The highest BCUT2D eigenvalue weighted by molar-refractivity contribution is 5.78. The molecular formula is C20H15FN4. The van der Waals surface area contributed by atoms with Crippen LogP contribution in [0.15, 0.2) is 73.1 Å². The van der Waals surface area contributed by atoms with E-state index in [-0.39, 0.29) is 5.82 Å². The first-order chi connectivity index (χ1) is 12.2. The first-order valence-electron chi connectivity index (χ1n) is 7.91. The maximum atomic E-state index is 13.3. The lowest BCUT2D eigenvalue weighted by atomic mass is 10.1. The number of aryl methyl sites for hydroxylation is 1. The van der Waals surface area contributed by atoms with Crippen LogP contribution < -0.4 is 0 Å². The molecule has 0 amide bonds. The van der Waals surface area contributed by atoms with Gasteiger partial charge >= 0.3 is 0 Å². The molecule has 5 heteroatoms. The van der Waals surface area contributed by atoms with Gasteiger partial charge in [0.15, 0.2) is 0 Å². The number of aromatic nitrogens is 4. The maximum Gasteiger partial charge on any atom is 0.123 e. The van der Waals surface area contributed by atoms with Crippen LogP contribution in [0.1, 0.15) is 5.56 Å². The molecule has 0 aliphatic heterocycles. The highest BCUT2D eigenvalue weighted by Gasteiger charge is 2.17. The number of halogens is 1. The predicted octanol–water partition coefficient (Wildman–Crippen LogP) is 4.44. The third-order valence-corrected chi connectivity index (χ3v) is 4.02. The van der Waals surface area contributed by atoms with E-state index in [1.807, 2.05) is 43.3 Å². The maximum absolute atomic E-state index is 13.3. The van der Waals surface area contributed by atoms with Gasteiger partial charge in [0, 0.05) is 23.5 Å². The molecule has 2 aromatic carbocycles. The van der Waals surface area contributed by atoms with Crippen LogP contribution in [0.4, 0.5) is 4.39 Å². The standard InChI is InChI=1S/C20H15FN4/c1-14-2-8-18(9-3-14)25-20(16-10-12-22-13-11-16)19(23-24-25)15-4-6-17(21)7-5-15/h2-13H,1H3. The van der Waals surface area contributed by atoms with E-state index in [1.165, 1.54) is 17.7 Å². The first-order valence-corrected chi connectivity index (χ1v) is 7.91. The number of benzene rings is 2. The lowest BCUT2D eigenvalue weighted by molar-refractivity contribution is 0.628. The second-order valence-electron chi connectivity index (χ2n) is 5.78. The lowest BCUT2D eigenvalue weighted by Gasteiger charge is -2.09. The van der Waals surface area contributed by atoms with Gasteiger partial charge in [0.1, 0.15) is 17.2 Å². The minimum atomic E-state index is -0.278. The van der Waals surface area contributed by atoms with E-state index in [9.17, 15) is 4.39 Å². The summed E-state index contributed by atoms with van der Waals surface area (Å²) < 4.78 is 15.1. The summed E-state index contributed by atoms with van der Waals surface area (Å²) in [5, 5.41) is 8.71. The minimum absolute atomic E-state index is 0.278. The lowest BCUT2D eigenvalue weighted by Crippen LogP contribution is -1.99. The Kier molecular flexibility index (Phi) is 3.82. The molecule has 0 bridgehead atoms.